The van der Waals surface area contributed by atoms with Gasteiger partial charge in [0.2, 0.25) is 5.91 Å². The van der Waals surface area contributed by atoms with Crippen LogP contribution in [-0.4, -0.2) is 47.4 Å². The van der Waals surface area contributed by atoms with Crippen molar-refractivity contribution in [2.75, 3.05) is 13.2 Å². The summed E-state index contributed by atoms with van der Waals surface area (Å²) < 4.78 is 5.46. The highest BCUT2D eigenvalue weighted by molar-refractivity contribution is 5.76. The zero-order valence-corrected chi connectivity index (χ0v) is 46.1. The zero-order valence-electron chi connectivity index (χ0n) is 46.1. The summed E-state index contributed by atoms with van der Waals surface area (Å²) in [5, 5.41) is 23.3. The van der Waals surface area contributed by atoms with Crippen LogP contribution in [0, 0.1) is 0 Å². The van der Waals surface area contributed by atoms with Crippen LogP contribution in [0.4, 0.5) is 0 Å². The summed E-state index contributed by atoms with van der Waals surface area (Å²) in [6, 6.07) is -0.538. The Morgan fingerprint density at radius 1 is 0.397 bits per heavy atom. The van der Waals surface area contributed by atoms with Gasteiger partial charge in [-0.1, -0.05) is 302 Å². The molecule has 0 fully saturated rings. The minimum absolute atomic E-state index is 0.00661. The first-order chi connectivity index (χ1) is 33.5. The van der Waals surface area contributed by atoms with Crippen molar-refractivity contribution < 1.29 is 24.5 Å². The molecular formula is C62H121NO5. The van der Waals surface area contributed by atoms with E-state index in [4.69, 9.17) is 4.74 Å². The Morgan fingerprint density at radius 2 is 0.706 bits per heavy atom. The van der Waals surface area contributed by atoms with Crippen molar-refractivity contribution in [3.05, 3.63) is 12.2 Å². The molecule has 404 valence electrons. The van der Waals surface area contributed by atoms with Crippen molar-refractivity contribution in [3.8, 4) is 0 Å². The highest BCUT2D eigenvalue weighted by Gasteiger charge is 2.20. The third kappa shape index (κ3) is 53.9. The standard InChI is InChI=1S/C62H121NO5/c1-3-5-7-9-11-13-15-16-31-35-38-42-46-50-54-60(65)59(58-64)63-61(66)55-51-47-43-39-36-32-29-27-25-23-21-19-17-18-20-22-24-26-28-30-33-37-41-45-49-53-57-68-62(67)56-52-48-44-40-34-14-12-10-8-6-4-2/h10,12,59-60,64-65H,3-9,11,13-58H2,1-2H3,(H,63,66)/b12-10-. The van der Waals surface area contributed by atoms with E-state index in [0.717, 1.165) is 44.9 Å². The molecule has 0 aromatic rings. The number of ether oxygens (including phenoxy) is 1. The highest BCUT2D eigenvalue weighted by Crippen LogP contribution is 2.18. The fourth-order valence-electron chi connectivity index (χ4n) is 9.80. The Bertz CT molecular complexity index is 1020. The fourth-order valence-corrected chi connectivity index (χ4v) is 9.80. The summed E-state index contributed by atoms with van der Waals surface area (Å²) >= 11 is 0. The van der Waals surface area contributed by atoms with Gasteiger partial charge in [0.1, 0.15) is 0 Å². The van der Waals surface area contributed by atoms with Crippen LogP contribution in [-0.2, 0) is 14.3 Å². The second kappa shape index (κ2) is 58.2. The van der Waals surface area contributed by atoms with E-state index in [2.05, 4.69) is 31.3 Å². The summed E-state index contributed by atoms with van der Waals surface area (Å²) in [7, 11) is 0. The molecule has 3 N–H and O–H groups in total. The quantitative estimate of drug-likeness (QED) is 0.0321. The molecule has 0 aromatic carbocycles. The van der Waals surface area contributed by atoms with Crippen LogP contribution >= 0.6 is 0 Å². The number of aliphatic hydroxyl groups excluding tert-OH is 2. The molecule has 0 aliphatic rings. The number of hydrogen-bond acceptors (Lipinski definition) is 5. The molecule has 0 aliphatic carbocycles. The van der Waals surface area contributed by atoms with Gasteiger partial charge in [-0.3, -0.25) is 9.59 Å². The number of nitrogens with one attached hydrogen (secondary N) is 1. The van der Waals surface area contributed by atoms with E-state index in [9.17, 15) is 19.8 Å². The number of carbonyl (C=O) groups is 2. The molecule has 6 heteroatoms. The average Bonchev–Trinajstić information content (AvgIpc) is 3.34. The van der Waals surface area contributed by atoms with Crippen LogP contribution in [0.5, 0.6) is 0 Å². The van der Waals surface area contributed by atoms with Crippen LogP contribution in [0.1, 0.15) is 348 Å². The number of aliphatic hydroxyl groups is 2. The second-order valence-corrected chi connectivity index (χ2v) is 21.4. The fraction of sp³-hybridized carbons (Fsp3) is 0.935. The van der Waals surface area contributed by atoms with E-state index in [-0.39, 0.29) is 18.5 Å². The molecule has 0 aromatic heterocycles. The Kier molecular flexibility index (Phi) is 57.0. The molecule has 0 saturated carbocycles. The van der Waals surface area contributed by atoms with E-state index < -0.39 is 12.1 Å². The molecule has 1 amide bonds. The van der Waals surface area contributed by atoms with Gasteiger partial charge in [0.15, 0.2) is 0 Å². The summed E-state index contributed by atoms with van der Waals surface area (Å²) in [6.07, 6.45) is 69.4. The zero-order chi connectivity index (χ0) is 49.3. The number of hydrogen-bond donors (Lipinski definition) is 3. The Balaban J connectivity index is 3.34. The summed E-state index contributed by atoms with van der Waals surface area (Å²) in [6.45, 7) is 4.94. The van der Waals surface area contributed by atoms with Crippen LogP contribution in [0.2, 0.25) is 0 Å². The molecule has 0 heterocycles. The first-order valence-electron chi connectivity index (χ1n) is 30.9. The largest absolute Gasteiger partial charge is 0.466 e. The van der Waals surface area contributed by atoms with Gasteiger partial charge in [0.05, 0.1) is 25.4 Å². The normalized spacial score (nSPS) is 12.6. The van der Waals surface area contributed by atoms with Gasteiger partial charge in [-0.15, -0.1) is 0 Å². The van der Waals surface area contributed by atoms with Crippen molar-refractivity contribution in [1.29, 1.82) is 0 Å². The number of amides is 1. The first-order valence-corrected chi connectivity index (χ1v) is 30.9. The molecule has 0 spiro atoms. The van der Waals surface area contributed by atoms with Gasteiger partial charge < -0.3 is 20.3 Å². The van der Waals surface area contributed by atoms with Crippen molar-refractivity contribution in [2.45, 2.75) is 360 Å². The van der Waals surface area contributed by atoms with E-state index in [1.165, 1.54) is 270 Å². The van der Waals surface area contributed by atoms with Crippen LogP contribution in [0.3, 0.4) is 0 Å². The molecular weight excluding hydrogens is 839 g/mol. The minimum atomic E-state index is -0.661. The first kappa shape index (κ1) is 66.6. The molecule has 2 unspecified atom stereocenters. The summed E-state index contributed by atoms with van der Waals surface area (Å²) in [5.41, 5.74) is 0. The van der Waals surface area contributed by atoms with Crippen molar-refractivity contribution >= 4 is 11.9 Å². The van der Waals surface area contributed by atoms with Gasteiger partial charge in [0, 0.05) is 12.8 Å². The maximum Gasteiger partial charge on any atom is 0.305 e. The maximum atomic E-state index is 12.5. The van der Waals surface area contributed by atoms with E-state index in [0.29, 0.717) is 25.9 Å². The third-order valence-corrected chi connectivity index (χ3v) is 14.6. The van der Waals surface area contributed by atoms with Gasteiger partial charge in [0.25, 0.3) is 0 Å². The third-order valence-electron chi connectivity index (χ3n) is 14.6. The van der Waals surface area contributed by atoms with E-state index in [1.54, 1.807) is 0 Å². The van der Waals surface area contributed by atoms with Gasteiger partial charge in [-0.25, -0.2) is 0 Å². The topological polar surface area (TPSA) is 95.9 Å². The number of unbranched alkanes of at least 4 members (excludes halogenated alkanes) is 45. The molecule has 2 atom stereocenters. The molecule has 0 saturated heterocycles. The molecule has 0 bridgehead atoms. The predicted molar refractivity (Wildman–Crippen MR) is 297 cm³/mol. The van der Waals surface area contributed by atoms with E-state index in [1.807, 2.05) is 0 Å². The number of esters is 1. The molecule has 6 nitrogen and oxygen atoms in total. The minimum Gasteiger partial charge on any atom is -0.466 e. The lowest BCUT2D eigenvalue weighted by Crippen LogP contribution is -2.45. The summed E-state index contributed by atoms with van der Waals surface area (Å²) in [4.78, 5) is 24.5. The Hall–Kier alpha value is -1.40. The molecule has 0 radical (unpaired) electrons. The average molecular weight is 961 g/mol. The van der Waals surface area contributed by atoms with Crippen LogP contribution < -0.4 is 5.32 Å². The lowest BCUT2D eigenvalue weighted by molar-refractivity contribution is -0.143. The maximum absolute atomic E-state index is 12.5. The molecule has 0 rings (SSSR count). The SMILES string of the molecule is CCCC/C=C\CCCCCCCC(=O)OCCCCCCCCCCCCCCCCCCCCCCCCCCCCC(=O)NC(CO)C(O)CCCCCCCCCCCCCCCC. The molecule has 68 heavy (non-hydrogen) atoms. The van der Waals surface area contributed by atoms with Crippen LogP contribution in [0.15, 0.2) is 12.2 Å². The number of rotatable bonds is 58. The Labute approximate surface area is 425 Å². The highest BCUT2D eigenvalue weighted by atomic mass is 16.5. The molecule has 0 aliphatic heterocycles. The number of allylic oxidation sites excluding steroid dienone is 2. The van der Waals surface area contributed by atoms with Gasteiger partial charge in [-0.05, 0) is 44.9 Å². The Morgan fingerprint density at radius 3 is 1.09 bits per heavy atom. The second-order valence-electron chi connectivity index (χ2n) is 21.4. The van der Waals surface area contributed by atoms with Crippen molar-refractivity contribution in [2.24, 2.45) is 0 Å². The summed E-state index contributed by atoms with van der Waals surface area (Å²) in [5.74, 6) is -0.0240. The number of carbonyl (C=O) groups excluding carboxylic acids is 2. The predicted octanol–water partition coefficient (Wildman–Crippen LogP) is 19.2. The monoisotopic (exact) mass is 960 g/mol. The van der Waals surface area contributed by atoms with E-state index >= 15 is 0 Å². The van der Waals surface area contributed by atoms with Gasteiger partial charge >= 0.3 is 5.97 Å². The van der Waals surface area contributed by atoms with Gasteiger partial charge in [-0.2, -0.15) is 0 Å². The lowest BCUT2D eigenvalue weighted by atomic mass is 10.0. The lowest BCUT2D eigenvalue weighted by Gasteiger charge is -2.22. The van der Waals surface area contributed by atoms with Crippen molar-refractivity contribution in [3.63, 3.8) is 0 Å². The smallest absolute Gasteiger partial charge is 0.305 e. The van der Waals surface area contributed by atoms with Crippen LogP contribution in [0.25, 0.3) is 0 Å². The van der Waals surface area contributed by atoms with Crippen molar-refractivity contribution in [1.82, 2.24) is 5.32 Å².